The molecular formula is C18H13NO2S. The molecular weight excluding hydrogens is 294 g/mol. The second-order valence-corrected chi connectivity index (χ2v) is 7.06. The lowest BCUT2D eigenvalue weighted by molar-refractivity contribution is 0.596. The van der Waals surface area contributed by atoms with Crippen molar-refractivity contribution in [2.45, 2.75) is 9.79 Å². The van der Waals surface area contributed by atoms with Gasteiger partial charge in [-0.2, -0.15) is 0 Å². The third-order valence-corrected chi connectivity index (χ3v) is 5.69. The van der Waals surface area contributed by atoms with Crippen LogP contribution in [0.3, 0.4) is 0 Å². The van der Waals surface area contributed by atoms with Crippen molar-refractivity contribution in [2.24, 2.45) is 0 Å². The normalized spacial score (nSPS) is 14.5. The molecule has 0 saturated carbocycles. The molecule has 0 radical (unpaired) electrons. The Bertz CT molecular complexity index is 963. The largest absolute Gasteiger partial charge is 0.353 e. The highest BCUT2D eigenvalue weighted by Gasteiger charge is 2.30. The summed E-state index contributed by atoms with van der Waals surface area (Å²) < 4.78 is 25.7. The summed E-state index contributed by atoms with van der Waals surface area (Å²) in [4.78, 5) is 0.653. The molecule has 1 N–H and O–H groups in total. The van der Waals surface area contributed by atoms with Crippen LogP contribution in [0.5, 0.6) is 0 Å². The number of sulfone groups is 1. The van der Waals surface area contributed by atoms with Crippen molar-refractivity contribution in [3.05, 3.63) is 72.8 Å². The van der Waals surface area contributed by atoms with Crippen molar-refractivity contribution in [1.82, 2.24) is 0 Å². The monoisotopic (exact) mass is 307 g/mol. The summed E-state index contributed by atoms with van der Waals surface area (Å²) in [5.74, 6) is 0. The lowest BCUT2D eigenvalue weighted by Crippen LogP contribution is -2.14. The summed E-state index contributed by atoms with van der Waals surface area (Å²) in [6, 6.07) is 22.2. The highest BCUT2D eigenvalue weighted by atomic mass is 32.2. The number of hydrogen-bond acceptors (Lipinski definition) is 3. The molecule has 4 rings (SSSR count). The van der Waals surface area contributed by atoms with E-state index in [1.165, 1.54) is 0 Å². The van der Waals surface area contributed by atoms with Crippen molar-refractivity contribution in [3.63, 3.8) is 0 Å². The molecule has 4 heteroatoms. The number of nitrogens with one attached hydrogen (secondary N) is 1. The molecule has 3 nitrogen and oxygen atoms in total. The van der Waals surface area contributed by atoms with Gasteiger partial charge < -0.3 is 5.32 Å². The van der Waals surface area contributed by atoms with Crippen molar-refractivity contribution in [2.75, 3.05) is 5.32 Å². The zero-order chi connectivity index (χ0) is 15.2. The minimum absolute atomic E-state index is 0.326. The highest BCUT2D eigenvalue weighted by molar-refractivity contribution is 7.92. The topological polar surface area (TPSA) is 46.2 Å². The van der Waals surface area contributed by atoms with Crippen molar-refractivity contribution >= 4 is 21.2 Å². The lowest BCUT2D eigenvalue weighted by Gasteiger charge is -2.23. The van der Waals surface area contributed by atoms with Gasteiger partial charge in [0, 0.05) is 5.56 Å². The van der Waals surface area contributed by atoms with E-state index in [1.54, 1.807) is 30.3 Å². The van der Waals surface area contributed by atoms with E-state index < -0.39 is 9.84 Å². The SMILES string of the molecule is O=S1(=O)c2ccccc2Nc2c(-c3ccccc3)cccc21. The summed E-state index contributed by atoms with van der Waals surface area (Å²) >= 11 is 0. The minimum atomic E-state index is -3.49. The number of benzene rings is 3. The van der Waals surface area contributed by atoms with Gasteiger partial charge in [0.15, 0.2) is 0 Å². The third kappa shape index (κ3) is 1.84. The molecule has 0 fully saturated rings. The molecule has 3 aromatic carbocycles. The molecule has 108 valence electrons. The van der Waals surface area contributed by atoms with Crippen LogP contribution < -0.4 is 5.32 Å². The van der Waals surface area contributed by atoms with E-state index in [1.807, 2.05) is 42.5 Å². The first-order chi connectivity index (χ1) is 10.7. The Balaban J connectivity index is 2.02. The van der Waals surface area contributed by atoms with Gasteiger partial charge in [0.2, 0.25) is 9.84 Å². The van der Waals surface area contributed by atoms with Gasteiger partial charge in [-0.25, -0.2) is 8.42 Å². The minimum Gasteiger partial charge on any atom is -0.353 e. The smallest absolute Gasteiger partial charge is 0.210 e. The maximum Gasteiger partial charge on any atom is 0.210 e. The van der Waals surface area contributed by atoms with E-state index >= 15 is 0 Å². The lowest BCUT2D eigenvalue weighted by atomic mass is 10.0. The zero-order valence-corrected chi connectivity index (χ0v) is 12.5. The predicted octanol–water partition coefficient (Wildman–Crippen LogP) is 4.24. The highest BCUT2D eigenvalue weighted by Crippen LogP contribution is 2.43. The van der Waals surface area contributed by atoms with Gasteiger partial charge >= 0.3 is 0 Å². The van der Waals surface area contributed by atoms with Crippen LogP contribution in [0.1, 0.15) is 0 Å². The fraction of sp³-hybridized carbons (Fsp3) is 0. The Kier molecular flexibility index (Phi) is 2.81. The molecule has 0 spiro atoms. The van der Waals surface area contributed by atoms with Crippen LogP contribution in [-0.4, -0.2) is 8.42 Å². The summed E-state index contributed by atoms with van der Waals surface area (Å²) in [7, 11) is -3.49. The molecule has 0 atom stereocenters. The van der Waals surface area contributed by atoms with Gasteiger partial charge in [-0.15, -0.1) is 0 Å². The predicted molar refractivity (Wildman–Crippen MR) is 87.1 cm³/mol. The second kappa shape index (κ2) is 4.71. The number of para-hydroxylation sites is 2. The third-order valence-electron chi connectivity index (χ3n) is 3.84. The van der Waals surface area contributed by atoms with Crippen LogP contribution in [0.4, 0.5) is 11.4 Å². The Hall–Kier alpha value is -2.59. The van der Waals surface area contributed by atoms with E-state index in [4.69, 9.17) is 0 Å². The van der Waals surface area contributed by atoms with Crippen LogP contribution in [0, 0.1) is 0 Å². The Morgan fingerprint density at radius 1 is 0.682 bits per heavy atom. The summed E-state index contributed by atoms with van der Waals surface area (Å²) in [6.45, 7) is 0. The fourth-order valence-electron chi connectivity index (χ4n) is 2.80. The molecule has 0 unspecified atom stereocenters. The average molecular weight is 307 g/mol. The number of anilines is 2. The van der Waals surface area contributed by atoms with Gasteiger partial charge in [-0.05, 0) is 23.8 Å². The van der Waals surface area contributed by atoms with Gasteiger partial charge in [0.1, 0.15) is 0 Å². The molecule has 1 aliphatic rings. The fourth-order valence-corrected chi connectivity index (χ4v) is 4.39. The maximum absolute atomic E-state index is 12.8. The van der Waals surface area contributed by atoms with Crippen LogP contribution >= 0.6 is 0 Å². The molecule has 0 aliphatic carbocycles. The maximum atomic E-state index is 12.8. The van der Waals surface area contributed by atoms with Crippen LogP contribution in [0.15, 0.2) is 82.6 Å². The Morgan fingerprint density at radius 3 is 2.18 bits per heavy atom. The van der Waals surface area contributed by atoms with Crippen LogP contribution in [0.25, 0.3) is 11.1 Å². The van der Waals surface area contributed by atoms with E-state index in [2.05, 4.69) is 5.32 Å². The second-order valence-electron chi connectivity index (χ2n) is 5.17. The average Bonchev–Trinajstić information content (AvgIpc) is 2.55. The van der Waals surface area contributed by atoms with E-state index in [-0.39, 0.29) is 0 Å². The van der Waals surface area contributed by atoms with Gasteiger partial charge in [-0.3, -0.25) is 0 Å². The summed E-state index contributed by atoms with van der Waals surface area (Å²) in [5, 5.41) is 3.28. The standard InChI is InChI=1S/C18H13NO2S/c20-22(21)16-11-5-4-10-15(16)19-18-14(9-6-12-17(18)22)13-7-2-1-3-8-13/h1-12,19H. The van der Waals surface area contributed by atoms with E-state index in [0.29, 0.717) is 21.2 Å². The quantitative estimate of drug-likeness (QED) is 0.572. The Labute approximate surface area is 129 Å². The number of fused-ring (bicyclic) bond motifs is 2. The van der Waals surface area contributed by atoms with E-state index in [9.17, 15) is 8.42 Å². The van der Waals surface area contributed by atoms with Crippen molar-refractivity contribution in [1.29, 1.82) is 0 Å². The van der Waals surface area contributed by atoms with Gasteiger partial charge in [0.25, 0.3) is 0 Å². The molecule has 22 heavy (non-hydrogen) atoms. The number of hydrogen-bond donors (Lipinski definition) is 1. The molecule has 1 heterocycles. The molecule has 3 aromatic rings. The van der Waals surface area contributed by atoms with Crippen LogP contribution in [-0.2, 0) is 9.84 Å². The zero-order valence-electron chi connectivity index (χ0n) is 11.7. The van der Waals surface area contributed by atoms with E-state index in [0.717, 1.165) is 11.1 Å². The Morgan fingerprint density at radius 2 is 1.36 bits per heavy atom. The van der Waals surface area contributed by atoms with Crippen molar-refractivity contribution in [3.8, 4) is 11.1 Å². The van der Waals surface area contributed by atoms with Gasteiger partial charge in [0.05, 0.1) is 21.2 Å². The molecule has 1 aliphatic heterocycles. The first-order valence-electron chi connectivity index (χ1n) is 6.97. The first-order valence-corrected chi connectivity index (χ1v) is 8.46. The molecule has 0 saturated heterocycles. The molecule has 0 bridgehead atoms. The van der Waals surface area contributed by atoms with Crippen LogP contribution in [0.2, 0.25) is 0 Å². The molecule has 0 amide bonds. The van der Waals surface area contributed by atoms with Gasteiger partial charge in [-0.1, -0.05) is 54.6 Å². The number of rotatable bonds is 1. The van der Waals surface area contributed by atoms with Crippen molar-refractivity contribution < 1.29 is 8.42 Å². The molecule has 0 aromatic heterocycles. The first kappa shape index (κ1) is 13.1. The summed E-state index contributed by atoms with van der Waals surface area (Å²) in [6.07, 6.45) is 0. The summed E-state index contributed by atoms with van der Waals surface area (Å²) in [5.41, 5.74) is 3.14.